The van der Waals surface area contributed by atoms with Crippen molar-refractivity contribution in [3.05, 3.63) is 50.4 Å². The van der Waals surface area contributed by atoms with Gasteiger partial charge in [-0.3, -0.25) is 0 Å². The maximum absolute atomic E-state index is 12.1. The predicted octanol–water partition coefficient (Wildman–Crippen LogP) is 4.77. The fourth-order valence-electron chi connectivity index (χ4n) is 2.00. The number of hydrogen-bond acceptors (Lipinski definition) is 5. The van der Waals surface area contributed by atoms with Crippen molar-refractivity contribution < 1.29 is 19.0 Å². The third-order valence-electron chi connectivity index (χ3n) is 3.09. The number of esters is 1. The van der Waals surface area contributed by atoms with E-state index in [1.54, 1.807) is 19.1 Å². The Morgan fingerprint density at radius 2 is 1.88 bits per heavy atom. The molecule has 0 aliphatic heterocycles. The first-order valence-corrected chi connectivity index (χ1v) is 8.99. The van der Waals surface area contributed by atoms with Gasteiger partial charge in [0, 0.05) is 6.07 Å². The number of nitriles is 1. The minimum absolute atomic E-state index is 0.220. The topological polar surface area (TPSA) is 68.5 Å². The molecule has 0 fully saturated rings. The van der Waals surface area contributed by atoms with E-state index in [1.165, 1.54) is 6.07 Å². The molecule has 130 valence electrons. The summed E-state index contributed by atoms with van der Waals surface area (Å²) in [5.74, 6) is 0.501. The maximum atomic E-state index is 12.1. The van der Waals surface area contributed by atoms with Crippen LogP contribution in [0.5, 0.6) is 17.2 Å². The van der Waals surface area contributed by atoms with Gasteiger partial charge in [-0.2, -0.15) is 5.26 Å². The zero-order chi connectivity index (χ0) is 18.4. The van der Waals surface area contributed by atoms with E-state index in [0.717, 1.165) is 10.0 Å². The number of aryl methyl sites for hydroxylation is 1. The highest BCUT2D eigenvalue weighted by Crippen LogP contribution is 2.37. The molecule has 25 heavy (non-hydrogen) atoms. The zero-order valence-electron chi connectivity index (χ0n) is 13.6. The zero-order valence-corrected chi connectivity index (χ0v) is 16.8. The summed E-state index contributed by atoms with van der Waals surface area (Å²) in [7, 11) is 0. The number of carbonyl (C=O) groups is 1. The summed E-state index contributed by atoms with van der Waals surface area (Å²) in [4.78, 5) is 12.1. The first-order valence-electron chi connectivity index (χ1n) is 7.40. The Morgan fingerprint density at radius 1 is 1.12 bits per heavy atom. The molecule has 0 radical (unpaired) electrons. The fraction of sp³-hybridized carbons (Fsp3) is 0.222. The van der Waals surface area contributed by atoms with Gasteiger partial charge in [-0.15, -0.1) is 0 Å². The number of rotatable bonds is 6. The van der Waals surface area contributed by atoms with E-state index >= 15 is 0 Å². The van der Waals surface area contributed by atoms with Gasteiger partial charge in [0.2, 0.25) is 0 Å². The number of ether oxygens (including phenoxy) is 3. The second-order valence-electron chi connectivity index (χ2n) is 5.03. The molecule has 5 nitrogen and oxygen atoms in total. The van der Waals surface area contributed by atoms with Gasteiger partial charge < -0.3 is 14.2 Å². The highest BCUT2D eigenvalue weighted by atomic mass is 79.9. The summed E-state index contributed by atoms with van der Waals surface area (Å²) in [5, 5.41) is 9.02. The number of benzene rings is 2. The third kappa shape index (κ3) is 5.21. The molecule has 2 rings (SSSR count). The smallest absolute Gasteiger partial charge is 0.349 e. The minimum Gasteiger partial charge on any atom is -0.490 e. The average Bonchev–Trinajstić information content (AvgIpc) is 2.57. The second kappa shape index (κ2) is 8.88. The fourth-order valence-corrected chi connectivity index (χ4v) is 3.13. The molecule has 0 heterocycles. The standard InChI is InChI=1S/C18H15Br2NO4/c1-3-23-16-8-12(9-21)7-14(20)18(16)25-17(22)10-24-15-5-4-11(2)6-13(15)19/h4-8H,3,10H2,1-2H3. The maximum Gasteiger partial charge on any atom is 0.349 e. The molecule has 2 aromatic rings. The second-order valence-corrected chi connectivity index (χ2v) is 6.74. The van der Waals surface area contributed by atoms with Crippen LogP contribution in [0.4, 0.5) is 0 Å². The highest BCUT2D eigenvalue weighted by Gasteiger charge is 2.17. The summed E-state index contributed by atoms with van der Waals surface area (Å²) in [5.41, 5.74) is 1.47. The van der Waals surface area contributed by atoms with Crippen LogP contribution in [-0.4, -0.2) is 19.2 Å². The molecule has 0 unspecified atom stereocenters. The molecule has 0 aromatic heterocycles. The largest absolute Gasteiger partial charge is 0.490 e. The predicted molar refractivity (Wildman–Crippen MR) is 100 cm³/mol. The van der Waals surface area contributed by atoms with Crippen LogP contribution in [0.15, 0.2) is 39.3 Å². The van der Waals surface area contributed by atoms with Crippen molar-refractivity contribution in [1.82, 2.24) is 0 Å². The van der Waals surface area contributed by atoms with Crippen molar-refractivity contribution >= 4 is 37.8 Å². The van der Waals surface area contributed by atoms with E-state index in [9.17, 15) is 4.79 Å². The molecule has 2 aromatic carbocycles. The highest BCUT2D eigenvalue weighted by molar-refractivity contribution is 9.10. The molecular formula is C18H15Br2NO4. The lowest BCUT2D eigenvalue weighted by Crippen LogP contribution is -2.18. The molecule has 0 amide bonds. The van der Waals surface area contributed by atoms with Crippen LogP contribution in [0.2, 0.25) is 0 Å². The summed E-state index contributed by atoms with van der Waals surface area (Å²) < 4.78 is 17.5. The first-order chi connectivity index (χ1) is 11.9. The van der Waals surface area contributed by atoms with Gasteiger partial charge in [0.1, 0.15) is 5.75 Å². The van der Waals surface area contributed by atoms with E-state index < -0.39 is 5.97 Å². The molecule has 0 spiro atoms. The summed E-state index contributed by atoms with van der Waals surface area (Å²) in [6, 6.07) is 10.7. The molecule has 0 bridgehead atoms. The Kier molecular flexibility index (Phi) is 6.85. The molecule has 0 N–H and O–H groups in total. The van der Waals surface area contributed by atoms with Crippen LogP contribution in [0.1, 0.15) is 18.1 Å². The number of hydrogen-bond donors (Lipinski definition) is 0. The van der Waals surface area contributed by atoms with Crippen molar-refractivity contribution in [2.24, 2.45) is 0 Å². The van der Waals surface area contributed by atoms with E-state index in [1.807, 2.05) is 25.1 Å². The van der Waals surface area contributed by atoms with Gasteiger partial charge in [0.15, 0.2) is 18.1 Å². The summed E-state index contributed by atoms with van der Waals surface area (Å²) in [6.07, 6.45) is 0. The molecule has 0 saturated carbocycles. The van der Waals surface area contributed by atoms with Gasteiger partial charge >= 0.3 is 5.97 Å². The van der Waals surface area contributed by atoms with Crippen LogP contribution >= 0.6 is 31.9 Å². The van der Waals surface area contributed by atoms with Crippen molar-refractivity contribution in [2.45, 2.75) is 13.8 Å². The number of carbonyl (C=O) groups excluding carboxylic acids is 1. The molecule has 0 saturated heterocycles. The van der Waals surface area contributed by atoms with Gasteiger partial charge in [-0.05, 0) is 69.5 Å². The monoisotopic (exact) mass is 467 g/mol. The molecular weight excluding hydrogens is 454 g/mol. The van der Waals surface area contributed by atoms with Crippen LogP contribution in [-0.2, 0) is 4.79 Å². The Hall–Kier alpha value is -2.04. The van der Waals surface area contributed by atoms with E-state index in [-0.39, 0.29) is 12.4 Å². The van der Waals surface area contributed by atoms with Crippen LogP contribution in [0, 0.1) is 18.3 Å². The third-order valence-corrected chi connectivity index (χ3v) is 4.30. The van der Waals surface area contributed by atoms with Gasteiger partial charge in [-0.25, -0.2) is 4.79 Å². The Balaban J connectivity index is 2.11. The normalized spacial score (nSPS) is 10.0. The van der Waals surface area contributed by atoms with Crippen LogP contribution in [0.25, 0.3) is 0 Å². The molecule has 0 aliphatic rings. The van der Waals surface area contributed by atoms with Crippen molar-refractivity contribution in [3.8, 4) is 23.3 Å². The number of halogens is 2. The van der Waals surface area contributed by atoms with Crippen LogP contribution < -0.4 is 14.2 Å². The lowest BCUT2D eigenvalue weighted by atomic mass is 10.2. The quantitative estimate of drug-likeness (QED) is 0.451. The van der Waals surface area contributed by atoms with Crippen LogP contribution in [0.3, 0.4) is 0 Å². The summed E-state index contributed by atoms with van der Waals surface area (Å²) >= 11 is 6.68. The summed E-state index contributed by atoms with van der Waals surface area (Å²) in [6.45, 7) is 3.87. The van der Waals surface area contributed by atoms with Gasteiger partial charge in [0.25, 0.3) is 0 Å². The molecule has 0 atom stereocenters. The Bertz CT molecular complexity index is 831. The van der Waals surface area contributed by atoms with Crippen molar-refractivity contribution in [1.29, 1.82) is 5.26 Å². The van der Waals surface area contributed by atoms with Crippen molar-refractivity contribution in [2.75, 3.05) is 13.2 Å². The minimum atomic E-state index is -0.584. The Morgan fingerprint density at radius 3 is 2.52 bits per heavy atom. The molecule has 0 aliphatic carbocycles. The SMILES string of the molecule is CCOc1cc(C#N)cc(Br)c1OC(=O)COc1ccc(C)cc1Br. The number of nitrogens with zero attached hydrogens (tertiary/aromatic N) is 1. The van der Waals surface area contributed by atoms with E-state index in [4.69, 9.17) is 19.5 Å². The van der Waals surface area contributed by atoms with Gasteiger partial charge in [-0.1, -0.05) is 6.07 Å². The lowest BCUT2D eigenvalue weighted by molar-refractivity contribution is -0.136. The van der Waals surface area contributed by atoms with E-state index in [2.05, 4.69) is 31.9 Å². The van der Waals surface area contributed by atoms with Gasteiger partial charge in [0.05, 0.1) is 27.2 Å². The average molecular weight is 469 g/mol. The lowest BCUT2D eigenvalue weighted by Gasteiger charge is -2.13. The molecule has 7 heteroatoms. The first kappa shape index (κ1) is 19.3. The van der Waals surface area contributed by atoms with Crippen molar-refractivity contribution in [3.63, 3.8) is 0 Å². The Labute approximate surface area is 162 Å². The van der Waals surface area contributed by atoms with E-state index in [0.29, 0.717) is 28.1 Å².